The SMILES string of the molecule is CC(C)CN(CC(=O)O)C(=O)N1CCS(=O)CC1. The molecular weight excluding hydrogens is 256 g/mol. The molecule has 18 heavy (non-hydrogen) atoms. The lowest BCUT2D eigenvalue weighted by Crippen LogP contribution is -2.50. The second-order valence-corrected chi connectivity index (χ2v) is 6.48. The van der Waals surface area contributed by atoms with Gasteiger partial charge in [-0.15, -0.1) is 0 Å². The summed E-state index contributed by atoms with van der Waals surface area (Å²) in [6.45, 7) is 4.90. The van der Waals surface area contributed by atoms with Gasteiger partial charge in [-0.2, -0.15) is 0 Å². The Morgan fingerprint density at radius 1 is 1.33 bits per heavy atom. The molecule has 0 aromatic heterocycles. The number of amides is 2. The van der Waals surface area contributed by atoms with Crippen LogP contribution in [0.25, 0.3) is 0 Å². The predicted octanol–water partition coefficient (Wildman–Crippen LogP) is 0.213. The zero-order valence-electron chi connectivity index (χ0n) is 10.8. The number of carbonyl (C=O) groups excluding carboxylic acids is 1. The van der Waals surface area contributed by atoms with Crippen molar-refractivity contribution in [3.63, 3.8) is 0 Å². The molecule has 2 amide bonds. The van der Waals surface area contributed by atoms with E-state index in [-0.39, 0.29) is 18.5 Å². The highest BCUT2D eigenvalue weighted by atomic mass is 32.2. The monoisotopic (exact) mass is 276 g/mol. The first-order valence-corrected chi connectivity index (χ1v) is 7.49. The van der Waals surface area contributed by atoms with Crippen LogP contribution in [-0.4, -0.2) is 68.8 Å². The Hall–Kier alpha value is -1.11. The van der Waals surface area contributed by atoms with E-state index < -0.39 is 16.8 Å². The van der Waals surface area contributed by atoms with Gasteiger partial charge in [0.05, 0.1) is 0 Å². The lowest BCUT2D eigenvalue weighted by molar-refractivity contribution is -0.137. The van der Waals surface area contributed by atoms with Crippen molar-refractivity contribution < 1.29 is 18.9 Å². The van der Waals surface area contributed by atoms with Gasteiger partial charge in [0, 0.05) is 41.9 Å². The molecule has 0 atom stereocenters. The molecule has 0 aromatic rings. The third-order valence-corrected chi connectivity index (χ3v) is 3.91. The van der Waals surface area contributed by atoms with Gasteiger partial charge in [0.2, 0.25) is 0 Å². The number of nitrogens with zero attached hydrogens (tertiary/aromatic N) is 2. The fraction of sp³-hybridized carbons (Fsp3) is 0.818. The van der Waals surface area contributed by atoms with E-state index in [2.05, 4.69) is 0 Å². The smallest absolute Gasteiger partial charge is 0.323 e. The molecule has 0 aromatic carbocycles. The largest absolute Gasteiger partial charge is 0.480 e. The molecule has 0 saturated carbocycles. The first-order chi connectivity index (χ1) is 8.40. The Labute approximate surface area is 109 Å². The Kier molecular flexibility index (Phi) is 5.58. The van der Waals surface area contributed by atoms with Crippen molar-refractivity contribution in [2.24, 2.45) is 5.92 Å². The minimum Gasteiger partial charge on any atom is -0.480 e. The molecule has 0 bridgehead atoms. The summed E-state index contributed by atoms with van der Waals surface area (Å²) >= 11 is 0. The first kappa shape index (κ1) is 14.9. The molecule has 1 saturated heterocycles. The number of carboxylic acids is 1. The molecule has 1 aliphatic heterocycles. The van der Waals surface area contributed by atoms with Crippen LogP contribution in [0.3, 0.4) is 0 Å². The molecule has 1 aliphatic rings. The van der Waals surface area contributed by atoms with E-state index in [9.17, 15) is 13.8 Å². The highest BCUT2D eigenvalue weighted by Gasteiger charge is 2.26. The van der Waals surface area contributed by atoms with Gasteiger partial charge in [-0.1, -0.05) is 13.8 Å². The van der Waals surface area contributed by atoms with Crippen molar-refractivity contribution >= 4 is 22.8 Å². The maximum absolute atomic E-state index is 12.2. The molecule has 1 N–H and O–H groups in total. The van der Waals surface area contributed by atoms with Gasteiger partial charge in [0.25, 0.3) is 0 Å². The van der Waals surface area contributed by atoms with Crippen LogP contribution >= 0.6 is 0 Å². The molecule has 6 nitrogen and oxygen atoms in total. The highest BCUT2D eigenvalue weighted by Crippen LogP contribution is 2.07. The quantitative estimate of drug-likeness (QED) is 0.796. The fourth-order valence-electron chi connectivity index (χ4n) is 1.84. The lowest BCUT2D eigenvalue weighted by atomic mass is 10.2. The normalized spacial score (nSPS) is 16.9. The Balaban J connectivity index is 2.62. The second kappa shape index (κ2) is 6.72. The molecule has 0 aliphatic carbocycles. The van der Waals surface area contributed by atoms with Crippen LogP contribution in [0, 0.1) is 5.92 Å². The third kappa shape index (κ3) is 4.64. The molecule has 0 unspecified atom stereocenters. The van der Waals surface area contributed by atoms with Crippen LogP contribution in [0.1, 0.15) is 13.8 Å². The highest BCUT2D eigenvalue weighted by molar-refractivity contribution is 7.85. The third-order valence-electron chi connectivity index (χ3n) is 2.63. The van der Waals surface area contributed by atoms with Crippen molar-refractivity contribution in [3.05, 3.63) is 0 Å². The molecule has 1 fully saturated rings. The lowest BCUT2D eigenvalue weighted by Gasteiger charge is -2.32. The Morgan fingerprint density at radius 3 is 2.33 bits per heavy atom. The average Bonchev–Trinajstić information content (AvgIpc) is 2.27. The van der Waals surface area contributed by atoms with Crippen molar-refractivity contribution in [1.82, 2.24) is 9.80 Å². The van der Waals surface area contributed by atoms with E-state index in [1.807, 2.05) is 13.8 Å². The molecule has 104 valence electrons. The summed E-state index contributed by atoms with van der Waals surface area (Å²) < 4.78 is 11.2. The standard InChI is InChI=1S/C11H20N2O4S/c1-9(2)7-13(8-10(14)15)11(16)12-3-5-18(17)6-4-12/h9H,3-8H2,1-2H3,(H,14,15). The van der Waals surface area contributed by atoms with E-state index in [1.165, 1.54) is 4.90 Å². The van der Waals surface area contributed by atoms with Crippen LogP contribution in [0.5, 0.6) is 0 Å². The number of carbonyl (C=O) groups is 2. The van der Waals surface area contributed by atoms with E-state index >= 15 is 0 Å². The maximum atomic E-state index is 12.2. The van der Waals surface area contributed by atoms with Gasteiger partial charge in [0.15, 0.2) is 0 Å². The maximum Gasteiger partial charge on any atom is 0.323 e. The Bertz CT molecular complexity index is 336. The van der Waals surface area contributed by atoms with E-state index in [0.29, 0.717) is 31.1 Å². The molecule has 0 radical (unpaired) electrons. The molecule has 7 heteroatoms. The number of hydrogen-bond donors (Lipinski definition) is 1. The number of rotatable bonds is 4. The van der Waals surface area contributed by atoms with E-state index in [1.54, 1.807) is 4.90 Å². The molecular formula is C11H20N2O4S. The molecule has 1 heterocycles. The minimum absolute atomic E-state index is 0.215. The van der Waals surface area contributed by atoms with E-state index in [4.69, 9.17) is 5.11 Å². The van der Waals surface area contributed by atoms with Crippen LogP contribution in [0.4, 0.5) is 4.79 Å². The number of aliphatic carboxylic acids is 1. The van der Waals surface area contributed by atoms with Crippen LogP contribution in [-0.2, 0) is 15.6 Å². The summed E-state index contributed by atoms with van der Waals surface area (Å²) in [5.74, 6) is 0.166. The summed E-state index contributed by atoms with van der Waals surface area (Å²) in [7, 11) is -0.841. The first-order valence-electron chi connectivity index (χ1n) is 6.00. The zero-order chi connectivity index (χ0) is 13.7. The van der Waals surface area contributed by atoms with Gasteiger partial charge >= 0.3 is 12.0 Å². The van der Waals surface area contributed by atoms with Crippen molar-refractivity contribution in [3.8, 4) is 0 Å². The van der Waals surface area contributed by atoms with Crippen LogP contribution in [0.15, 0.2) is 0 Å². The molecule has 1 rings (SSSR count). The number of urea groups is 1. The van der Waals surface area contributed by atoms with Crippen molar-refractivity contribution in [2.75, 3.05) is 37.7 Å². The van der Waals surface area contributed by atoms with Crippen LogP contribution < -0.4 is 0 Å². The zero-order valence-corrected chi connectivity index (χ0v) is 11.6. The Morgan fingerprint density at radius 2 is 1.89 bits per heavy atom. The minimum atomic E-state index is -1.01. The summed E-state index contributed by atoms with van der Waals surface area (Å²) in [4.78, 5) is 25.9. The number of hydrogen-bond acceptors (Lipinski definition) is 3. The van der Waals surface area contributed by atoms with Gasteiger partial charge in [-0.3, -0.25) is 9.00 Å². The number of carboxylic acid groups (broad SMARTS) is 1. The fourth-order valence-corrected chi connectivity index (χ4v) is 2.90. The van der Waals surface area contributed by atoms with Crippen molar-refractivity contribution in [2.45, 2.75) is 13.8 Å². The van der Waals surface area contributed by atoms with Gasteiger partial charge < -0.3 is 14.9 Å². The predicted molar refractivity (Wildman–Crippen MR) is 68.9 cm³/mol. The molecule has 0 spiro atoms. The van der Waals surface area contributed by atoms with Gasteiger partial charge in [-0.05, 0) is 5.92 Å². The van der Waals surface area contributed by atoms with Crippen molar-refractivity contribution in [1.29, 1.82) is 0 Å². The topological polar surface area (TPSA) is 77.9 Å². The average molecular weight is 276 g/mol. The summed E-state index contributed by atoms with van der Waals surface area (Å²) in [5, 5.41) is 8.83. The summed E-state index contributed by atoms with van der Waals surface area (Å²) in [5.41, 5.74) is 0. The summed E-state index contributed by atoms with van der Waals surface area (Å²) in [6.07, 6.45) is 0. The van der Waals surface area contributed by atoms with E-state index in [0.717, 1.165) is 0 Å². The second-order valence-electron chi connectivity index (χ2n) is 4.79. The van der Waals surface area contributed by atoms with Crippen LogP contribution in [0.2, 0.25) is 0 Å². The van der Waals surface area contributed by atoms with Gasteiger partial charge in [0.1, 0.15) is 6.54 Å². The summed E-state index contributed by atoms with van der Waals surface area (Å²) in [6, 6.07) is -0.261. The van der Waals surface area contributed by atoms with Gasteiger partial charge in [-0.25, -0.2) is 4.79 Å².